The number of halogens is 2. The van der Waals surface area contributed by atoms with Crippen molar-refractivity contribution in [2.45, 2.75) is 6.92 Å². The Labute approximate surface area is 140 Å². The molecule has 0 aromatic heterocycles. The number of carbonyl (C=O) groups is 1. The molecular weight excluding hydrogens is 331 g/mol. The lowest BCUT2D eigenvalue weighted by atomic mass is 10.3. The molecule has 0 saturated carbocycles. The van der Waals surface area contributed by atoms with Gasteiger partial charge in [0, 0.05) is 5.69 Å². The molecule has 1 aromatic rings. The van der Waals surface area contributed by atoms with Crippen LogP contribution in [-0.4, -0.2) is 37.3 Å². The normalized spacial score (nSPS) is 15.7. The van der Waals surface area contributed by atoms with Crippen LogP contribution in [0.1, 0.15) is 6.92 Å². The number of hydrogen-bond acceptors (Lipinski definition) is 5. The highest BCUT2D eigenvalue weighted by atomic mass is 35.5. The smallest absolute Gasteiger partial charge is 0.410 e. The molecule has 8 heteroatoms. The third kappa shape index (κ3) is 4.89. The molecule has 2 N–H and O–H groups in total. The largest absolute Gasteiger partial charge is 0.491 e. The van der Waals surface area contributed by atoms with Gasteiger partial charge < -0.3 is 19.9 Å². The molecule has 22 heavy (non-hydrogen) atoms. The molecule has 1 amide bonds. The molecule has 1 heterocycles. The molecule has 0 unspecified atom stereocenters. The summed E-state index contributed by atoms with van der Waals surface area (Å²) in [5, 5.41) is 0.407. The molecule has 0 aliphatic carbocycles. The first kappa shape index (κ1) is 18.3. The summed E-state index contributed by atoms with van der Waals surface area (Å²) in [4.78, 5) is 13.2. The first-order chi connectivity index (χ1) is 10.1. The van der Waals surface area contributed by atoms with E-state index in [1.807, 2.05) is 0 Å². The fraction of sp³-hybridized carbons (Fsp3) is 0.357. The second-order valence-electron chi connectivity index (χ2n) is 4.36. The molecule has 1 aliphatic heterocycles. The van der Waals surface area contributed by atoms with Gasteiger partial charge >= 0.3 is 6.09 Å². The van der Waals surface area contributed by atoms with Crippen LogP contribution < -0.4 is 10.5 Å². The number of nitrogens with zero attached hydrogens (tertiary/aromatic N) is 1. The number of morpholine rings is 1. The third-order valence-corrected chi connectivity index (χ3v) is 3.09. The zero-order chi connectivity index (χ0) is 15.2. The van der Waals surface area contributed by atoms with E-state index >= 15 is 0 Å². The predicted octanol–water partition coefficient (Wildman–Crippen LogP) is 3.05. The number of ether oxygens (including phenoxy) is 3. The van der Waals surface area contributed by atoms with Gasteiger partial charge in [-0.2, -0.15) is 0 Å². The maximum absolute atomic E-state index is 11.7. The summed E-state index contributed by atoms with van der Waals surface area (Å²) >= 11 is 6.01. The van der Waals surface area contributed by atoms with Gasteiger partial charge in [0.05, 0.1) is 24.7 Å². The molecule has 0 spiro atoms. The third-order valence-electron chi connectivity index (χ3n) is 2.79. The van der Waals surface area contributed by atoms with Crippen LogP contribution in [0.5, 0.6) is 5.75 Å². The van der Waals surface area contributed by atoms with E-state index in [0.717, 1.165) is 0 Å². The SMILES string of the molecule is CCOC(=O)N1CCOC(=COc2ccc(N)cc2Cl)C1.Cl. The Kier molecular flexibility index (Phi) is 7.14. The Hall–Kier alpha value is -1.79. The average Bonchev–Trinajstić information content (AvgIpc) is 2.47. The van der Waals surface area contributed by atoms with Gasteiger partial charge in [0.2, 0.25) is 0 Å². The second kappa shape index (κ2) is 8.60. The zero-order valence-corrected chi connectivity index (χ0v) is 13.7. The molecule has 2 rings (SSSR count). The number of amides is 1. The summed E-state index contributed by atoms with van der Waals surface area (Å²) in [6, 6.07) is 4.95. The molecule has 0 atom stereocenters. The van der Waals surface area contributed by atoms with E-state index in [2.05, 4.69) is 0 Å². The van der Waals surface area contributed by atoms with E-state index in [1.54, 1.807) is 30.0 Å². The first-order valence-corrected chi connectivity index (χ1v) is 6.93. The quantitative estimate of drug-likeness (QED) is 0.671. The number of nitrogen functional groups attached to an aromatic ring is 1. The van der Waals surface area contributed by atoms with E-state index in [9.17, 15) is 4.79 Å². The standard InChI is InChI=1S/C14H17ClN2O4.ClH/c1-2-19-14(18)17-5-6-20-11(8-17)9-21-13-4-3-10(16)7-12(13)15;/h3-4,7,9H,2,5-6,8,16H2,1H3;1H. The van der Waals surface area contributed by atoms with Crippen LogP contribution in [0.4, 0.5) is 10.5 Å². The monoisotopic (exact) mass is 348 g/mol. The van der Waals surface area contributed by atoms with E-state index in [-0.39, 0.29) is 18.5 Å². The first-order valence-electron chi connectivity index (χ1n) is 6.55. The summed E-state index contributed by atoms with van der Waals surface area (Å²) in [6.07, 6.45) is 1.07. The Bertz CT molecular complexity index is 552. The molecule has 1 saturated heterocycles. The van der Waals surface area contributed by atoms with Gasteiger partial charge in [-0.05, 0) is 25.1 Å². The summed E-state index contributed by atoms with van der Waals surface area (Å²) in [6.45, 7) is 3.28. The van der Waals surface area contributed by atoms with E-state index in [0.29, 0.717) is 48.5 Å². The van der Waals surface area contributed by atoms with Crippen molar-refractivity contribution in [3.8, 4) is 5.75 Å². The topological polar surface area (TPSA) is 74.0 Å². The lowest BCUT2D eigenvalue weighted by Crippen LogP contribution is -2.40. The van der Waals surface area contributed by atoms with Crippen molar-refractivity contribution < 1.29 is 19.0 Å². The van der Waals surface area contributed by atoms with Gasteiger partial charge in [-0.3, -0.25) is 4.90 Å². The van der Waals surface area contributed by atoms with Gasteiger partial charge in [0.15, 0.2) is 5.76 Å². The van der Waals surface area contributed by atoms with Gasteiger partial charge in [-0.15, -0.1) is 12.4 Å². The maximum atomic E-state index is 11.7. The maximum Gasteiger partial charge on any atom is 0.410 e. The fourth-order valence-corrected chi connectivity index (χ4v) is 2.02. The van der Waals surface area contributed by atoms with Crippen LogP contribution >= 0.6 is 24.0 Å². The lowest BCUT2D eigenvalue weighted by molar-refractivity contribution is 0.0616. The number of benzene rings is 1. The van der Waals surface area contributed by atoms with Gasteiger partial charge in [0.25, 0.3) is 0 Å². The second-order valence-corrected chi connectivity index (χ2v) is 4.77. The van der Waals surface area contributed by atoms with Crippen LogP contribution in [-0.2, 0) is 9.47 Å². The lowest BCUT2D eigenvalue weighted by Gasteiger charge is -2.27. The van der Waals surface area contributed by atoms with Crippen LogP contribution in [0.2, 0.25) is 5.02 Å². The Morgan fingerprint density at radius 1 is 1.55 bits per heavy atom. The van der Waals surface area contributed by atoms with Gasteiger partial charge in [0.1, 0.15) is 18.6 Å². The average molecular weight is 349 g/mol. The van der Waals surface area contributed by atoms with Gasteiger partial charge in [-0.25, -0.2) is 4.79 Å². The minimum Gasteiger partial charge on any atom is -0.491 e. The molecule has 0 radical (unpaired) electrons. The predicted molar refractivity (Wildman–Crippen MR) is 86.4 cm³/mol. The molecule has 1 aliphatic rings. The minimum absolute atomic E-state index is 0. The highest BCUT2D eigenvalue weighted by Crippen LogP contribution is 2.27. The van der Waals surface area contributed by atoms with E-state index in [4.69, 9.17) is 31.5 Å². The molecule has 1 fully saturated rings. The van der Waals surface area contributed by atoms with Crippen LogP contribution in [0.3, 0.4) is 0 Å². The van der Waals surface area contributed by atoms with E-state index in [1.165, 1.54) is 6.26 Å². The molecular formula is C14H18Cl2N2O4. The summed E-state index contributed by atoms with van der Waals surface area (Å²) in [5.74, 6) is 0.998. The Balaban J connectivity index is 0.00000242. The van der Waals surface area contributed by atoms with Crippen molar-refractivity contribution in [1.82, 2.24) is 4.90 Å². The molecule has 0 bridgehead atoms. The van der Waals surface area contributed by atoms with Crippen LogP contribution in [0.25, 0.3) is 0 Å². The van der Waals surface area contributed by atoms with Crippen molar-refractivity contribution in [3.63, 3.8) is 0 Å². The Morgan fingerprint density at radius 2 is 2.32 bits per heavy atom. The number of anilines is 1. The Morgan fingerprint density at radius 3 is 3.00 bits per heavy atom. The number of rotatable bonds is 3. The number of nitrogens with two attached hydrogens (primary N) is 1. The number of carbonyl (C=O) groups excluding carboxylic acids is 1. The van der Waals surface area contributed by atoms with Gasteiger partial charge in [-0.1, -0.05) is 11.6 Å². The summed E-state index contributed by atoms with van der Waals surface area (Å²) in [5.41, 5.74) is 6.17. The van der Waals surface area contributed by atoms with Crippen molar-refractivity contribution in [2.75, 3.05) is 32.0 Å². The summed E-state index contributed by atoms with van der Waals surface area (Å²) in [7, 11) is 0. The van der Waals surface area contributed by atoms with Crippen LogP contribution in [0.15, 0.2) is 30.2 Å². The van der Waals surface area contributed by atoms with Crippen molar-refractivity contribution in [2.24, 2.45) is 0 Å². The molecule has 6 nitrogen and oxygen atoms in total. The van der Waals surface area contributed by atoms with Crippen LogP contribution in [0, 0.1) is 0 Å². The highest BCUT2D eigenvalue weighted by Gasteiger charge is 2.21. The van der Waals surface area contributed by atoms with Crippen molar-refractivity contribution >= 4 is 35.8 Å². The van der Waals surface area contributed by atoms with Crippen molar-refractivity contribution in [3.05, 3.63) is 35.2 Å². The highest BCUT2D eigenvalue weighted by molar-refractivity contribution is 6.32. The van der Waals surface area contributed by atoms with E-state index < -0.39 is 0 Å². The summed E-state index contributed by atoms with van der Waals surface area (Å²) < 4.78 is 15.9. The fourth-order valence-electron chi connectivity index (χ4n) is 1.78. The van der Waals surface area contributed by atoms with Crippen molar-refractivity contribution in [1.29, 1.82) is 0 Å². The molecule has 122 valence electrons. The minimum atomic E-state index is -0.364. The number of hydrogen-bond donors (Lipinski definition) is 1. The molecule has 1 aromatic carbocycles. The zero-order valence-electron chi connectivity index (χ0n) is 12.1.